The van der Waals surface area contributed by atoms with Crippen LogP contribution in [0.15, 0.2) is 29.8 Å². The van der Waals surface area contributed by atoms with Gasteiger partial charge < -0.3 is 9.80 Å². The number of rotatable bonds is 2. The number of likely N-dealkylation sites (tertiary alicyclic amines) is 2. The third kappa shape index (κ3) is 3.28. The predicted molar refractivity (Wildman–Crippen MR) is 86.0 cm³/mol. The number of nitrogens with zero attached hydrogens (tertiary/aromatic N) is 2. The number of carbonyl (C=O) groups is 2. The third-order valence-corrected chi connectivity index (χ3v) is 4.55. The molecule has 23 heavy (non-hydrogen) atoms. The van der Waals surface area contributed by atoms with E-state index in [1.807, 2.05) is 6.07 Å². The Kier molecular flexibility index (Phi) is 4.46. The molecule has 2 heterocycles. The molecule has 0 bridgehead atoms. The molecule has 0 saturated carbocycles. The number of carbonyl (C=O) groups excluding carboxylic acids is 2. The summed E-state index contributed by atoms with van der Waals surface area (Å²) >= 11 is 0. The number of piperidine rings is 1. The highest BCUT2D eigenvalue weighted by Crippen LogP contribution is 2.30. The predicted octanol–water partition coefficient (Wildman–Crippen LogP) is 2.45. The Bertz CT molecular complexity index is 663. The number of amides is 1. The van der Waals surface area contributed by atoms with Crippen LogP contribution in [-0.4, -0.2) is 47.7 Å². The fraction of sp³-hybridized carbons (Fsp3) is 0.444. The SMILES string of the molecule is CC(=O)N1CCC(=O)/C(=C(/c2cccc(F)c2)N2CCCC2)C1. The molecule has 0 unspecified atom stereocenters. The van der Waals surface area contributed by atoms with E-state index in [2.05, 4.69) is 4.90 Å². The number of Topliss-reactive ketones (excluding diaryl/α,β-unsaturated/α-hetero) is 1. The first-order chi connectivity index (χ1) is 11.1. The van der Waals surface area contributed by atoms with Crippen molar-refractivity contribution in [3.05, 3.63) is 41.2 Å². The second-order valence-electron chi connectivity index (χ2n) is 6.15. The van der Waals surface area contributed by atoms with Gasteiger partial charge in [0, 0.05) is 44.1 Å². The minimum absolute atomic E-state index is 0.0324. The number of benzene rings is 1. The number of halogens is 1. The van der Waals surface area contributed by atoms with Gasteiger partial charge in [-0.1, -0.05) is 12.1 Å². The zero-order valence-corrected chi connectivity index (χ0v) is 13.3. The van der Waals surface area contributed by atoms with Crippen LogP contribution < -0.4 is 0 Å². The maximum atomic E-state index is 13.7. The van der Waals surface area contributed by atoms with E-state index in [1.54, 1.807) is 11.0 Å². The Morgan fingerprint density at radius 1 is 1.13 bits per heavy atom. The number of ketones is 1. The van der Waals surface area contributed by atoms with Crippen molar-refractivity contribution in [3.63, 3.8) is 0 Å². The van der Waals surface area contributed by atoms with E-state index < -0.39 is 0 Å². The molecule has 2 aliphatic rings. The number of hydrogen-bond donors (Lipinski definition) is 0. The Morgan fingerprint density at radius 3 is 2.52 bits per heavy atom. The average Bonchev–Trinajstić information content (AvgIpc) is 3.03. The van der Waals surface area contributed by atoms with Gasteiger partial charge in [-0.2, -0.15) is 0 Å². The monoisotopic (exact) mass is 316 g/mol. The van der Waals surface area contributed by atoms with Crippen molar-refractivity contribution in [1.29, 1.82) is 0 Å². The molecule has 1 aromatic rings. The Hall–Kier alpha value is -2.17. The lowest BCUT2D eigenvalue weighted by atomic mass is 9.96. The second-order valence-corrected chi connectivity index (χ2v) is 6.15. The van der Waals surface area contributed by atoms with Gasteiger partial charge in [-0.25, -0.2) is 4.39 Å². The minimum atomic E-state index is -0.313. The van der Waals surface area contributed by atoms with Crippen LogP contribution in [0.4, 0.5) is 4.39 Å². The van der Waals surface area contributed by atoms with Gasteiger partial charge in [0.05, 0.1) is 12.2 Å². The van der Waals surface area contributed by atoms with Crippen molar-refractivity contribution >= 4 is 17.4 Å². The van der Waals surface area contributed by atoms with Gasteiger partial charge in [0.25, 0.3) is 0 Å². The summed E-state index contributed by atoms with van der Waals surface area (Å²) in [6.45, 7) is 4.03. The quantitative estimate of drug-likeness (QED) is 0.787. The molecule has 2 fully saturated rings. The lowest BCUT2D eigenvalue weighted by molar-refractivity contribution is -0.130. The standard InChI is InChI=1S/C18H21FN2O2/c1-13(22)21-10-7-17(23)16(12-21)18(20-8-2-3-9-20)14-5-4-6-15(19)11-14/h4-6,11H,2-3,7-10,12H2,1H3/b18-16-. The fourth-order valence-electron chi connectivity index (χ4n) is 3.35. The molecular formula is C18H21FN2O2. The van der Waals surface area contributed by atoms with E-state index >= 15 is 0 Å². The minimum Gasteiger partial charge on any atom is -0.371 e. The van der Waals surface area contributed by atoms with Crippen molar-refractivity contribution < 1.29 is 14.0 Å². The van der Waals surface area contributed by atoms with Crippen LogP contribution in [0.1, 0.15) is 31.7 Å². The maximum absolute atomic E-state index is 13.7. The van der Waals surface area contributed by atoms with E-state index in [9.17, 15) is 14.0 Å². The molecule has 0 N–H and O–H groups in total. The molecule has 1 aromatic carbocycles. The maximum Gasteiger partial charge on any atom is 0.219 e. The molecular weight excluding hydrogens is 295 g/mol. The van der Waals surface area contributed by atoms with Crippen molar-refractivity contribution in [2.45, 2.75) is 26.2 Å². The van der Waals surface area contributed by atoms with Crippen molar-refractivity contribution in [1.82, 2.24) is 9.80 Å². The fourth-order valence-corrected chi connectivity index (χ4v) is 3.35. The van der Waals surface area contributed by atoms with Gasteiger partial charge in [-0.15, -0.1) is 0 Å². The van der Waals surface area contributed by atoms with Gasteiger partial charge in [-0.05, 0) is 25.0 Å². The average molecular weight is 316 g/mol. The molecule has 3 rings (SSSR count). The summed E-state index contributed by atoms with van der Waals surface area (Å²) in [5, 5.41) is 0. The van der Waals surface area contributed by atoms with Crippen LogP contribution >= 0.6 is 0 Å². The van der Waals surface area contributed by atoms with E-state index in [1.165, 1.54) is 19.1 Å². The van der Waals surface area contributed by atoms with E-state index in [-0.39, 0.29) is 17.5 Å². The van der Waals surface area contributed by atoms with Gasteiger partial charge >= 0.3 is 0 Å². The summed E-state index contributed by atoms with van der Waals surface area (Å²) in [6.07, 6.45) is 2.47. The normalized spacial score (nSPS) is 20.9. The Morgan fingerprint density at radius 2 is 1.87 bits per heavy atom. The van der Waals surface area contributed by atoms with Crippen LogP contribution in [0, 0.1) is 5.82 Å². The van der Waals surface area contributed by atoms with Crippen molar-refractivity contribution in [3.8, 4) is 0 Å². The van der Waals surface area contributed by atoms with Crippen LogP contribution in [-0.2, 0) is 9.59 Å². The van der Waals surface area contributed by atoms with Gasteiger partial charge in [-0.3, -0.25) is 9.59 Å². The molecule has 4 nitrogen and oxygen atoms in total. The van der Waals surface area contributed by atoms with Crippen LogP contribution in [0.2, 0.25) is 0 Å². The molecule has 0 atom stereocenters. The molecule has 0 spiro atoms. The summed E-state index contributed by atoms with van der Waals surface area (Å²) in [7, 11) is 0. The summed E-state index contributed by atoms with van der Waals surface area (Å²) in [5.41, 5.74) is 2.16. The molecule has 0 aromatic heterocycles. The van der Waals surface area contributed by atoms with Gasteiger partial charge in [0.1, 0.15) is 5.82 Å². The summed E-state index contributed by atoms with van der Waals surface area (Å²) < 4.78 is 13.7. The van der Waals surface area contributed by atoms with E-state index in [4.69, 9.17) is 0 Å². The largest absolute Gasteiger partial charge is 0.371 e. The lowest BCUT2D eigenvalue weighted by Crippen LogP contribution is -2.40. The van der Waals surface area contributed by atoms with E-state index in [0.717, 1.165) is 37.2 Å². The zero-order valence-electron chi connectivity index (χ0n) is 13.3. The molecule has 5 heteroatoms. The number of hydrogen-bond acceptors (Lipinski definition) is 3. The van der Waals surface area contributed by atoms with Gasteiger partial charge in [0.15, 0.2) is 5.78 Å². The summed E-state index contributed by atoms with van der Waals surface area (Å²) in [5.74, 6) is -0.282. The van der Waals surface area contributed by atoms with Crippen LogP contribution in [0.3, 0.4) is 0 Å². The molecule has 1 amide bonds. The van der Waals surface area contributed by atoms with Crippen molar-refractivity contribution in [2.75, 3.05) is 26.2 Å². The molecule has 0 radical (unpaired) electrons. The Balaban J connectivity index is 2.08. The highest BCUT2D eigenvalue weighted by Gasteiger charge is 2.29. The van der Waals surface area contributed by atoms with Crippen LogP contribution in [0.5, 0.6) is 0 Å². The van der Waals surface area contributed by atoms with Crippen LogP contribution in [0.25, 0.3) is 5.70 Å². The highest BCUT2D eigenvalue weighted by atomic mass is 19.1. The molecule has 2 aliphatic heterocycles. The smallest absolute Gasteiger partial charge is 0.219 e. The van der Waals surface area contributed by atoms with E-state index in [0.29, 0.717) is 25.1 Å². The Labute approximate surface area is 135 Å². The summed E-state index contributed by atoms with van der Waals surface area (Å²) in [6, 6.07) is 6.38. The van der Waals surface area contributed by atoms with Gasteiger partial charge in [0.2, 0.25) is 5.91 Å². The molecule has 2 saturated heterocycles. The first-order valence-electron chi connectivity index (χ1n) is 8.09. The highest BCUT2D eigenvalue weighted by molar-refractivity contribution is 6.04. The first-order valence-corrected chi connectivity index (χ1v) is 8.09. The summed E-state index contributed by atoms with van der Waals surface area (Å²) in [4.78, 5) is 28.1. The second kappa shape index (κ2) is 6.52. The lowest BCUT2D eigenvalue weighted by Gasteiger charge is -2.32. The van der Waals surface area contributed by atoms with Crippen molar-refractivity contribution in [2.24, 2.45) is 0 Å². The topological polar surface area (TPSA) is 40.6 Å². The molecule has 0 aliphatic carbocycles. The third-order valence-electron chi connectivity index (χ3n) is 4.55. The first kappa shape index (κ1) is 15.7. The zero-order chi connectivity index (χ0) is 16.4. The molecule has 122 valence electrons.